The van der Waals surface area contributed by atoms with E-state index in [4.69, 9.17) is 9.97 Å². The summed E-state index contributed by atoms with van der Waals surface area (Å²) in [6, 6.07) is 65.5. The SMILES string of the molecule is c1ccc(-c2cccc3ccccc23)c(-c2cc(-c3cccc4c3sc3ccccc34)nc(-c3ccc4c5ccccc5c5ccccc5c4c3)n2)c1. The Morgan fingerprint density at radius 3 is 1.60 bits per heavy atom. The van der Waals surface area contributed by atoms with Crippen molar-refractivity contribution < 1.29 is 0 Å². The van der Waals surface area contributed by atoms with Crippen LogP contribution >= 0.6 is 11.3 Å². The first-order valence-electron chi connectivity index (χ1n) is 18.0. The second-order valence-corrected chi connectivity index (χ2v) is 14.7. The Labute approximate surface area is 310 Å². The molecule has 0 N–H and O–H groups in total. The molecule has 0 radical (unpaired) electrons. The third-order valence-corrected chi connectivity index (χ3v) is 11.9. The number of fused-ring (bicyclic) bond motifs is 10. The monoisotopic (exact) mass is 690 g/mol. The topological polar surface area (TPSA) is 25.8 Å². The van der Waals surface area contributed by atoms with Gasteiger partial charge in [-0.3, -0.25) is 0 Å². The van der Waals surface area contributed by atoms with Crippen LogP contribution in [0.25, 0.3) is 108 Å². The van der Waals surface area contributed by atoms with Crippen LogP contribution in [0, 0.1) is 0 Å². The molecule has 0 aliphatic heterocycles. The van der Waals surface area contributed by atoms with Crippen molar-refractivity contribution in [3.8, 4) is 45.0 Å². The molecule has 246 valence electrons. The average Bonchev–Trinajstić information content (AvgIpc) is 3.62. The standard InChI is InChI=1S/C50H30N2S/c1-2-15-33-31(13-1)14-11-23-34(33)38-19-7-8-21-41(38)46-30-47(44-25-12-24-43-42-22-9-10-26-48(42)53-49(43)44)52-50(51-46)32-27-28-40-37-18-4-3-16-35(37)36-17-5-6-20-39(36)45(40)29-32/h1-30H. The van der Waals surface area contributed by atoms with Crippen LogP contribution in [0.4, 0.5) is 0 Å². The minimum Gasteiger partial charge on any atom is -0.228 e. The molecule has 0 bridgehead atoms. The molecule has 0 spiro atoms. The van der Waals surface area contributed by atoms with Crippen LogP contribution in [0.5, 0.6) is 0 Å². The van der Waals surface area contributed by atoms with Gasteiger partial charge >= 0.3 is 0 Å². The molecule has 0 unspecified atom stereocenters. The van der Waals surface area contributed by atoms with E-state index in [9.17, 15) is 0 Å². The lowest BCUT2D eigenvalue weighted by atomic mass is 9.92. The van der Waals surface area contributed by atoms with E-state index in [1.54, 1.807) is 0 Å². The molecule has 0 aliphatic carbocycles. The van der Waals surface area contributed by atoms with Gasteiger partial charge in [-0.1, -0.05) is 164 Å². The van der Waals surface area contributed by atoms with Crippen LogP contribution in [-0.4, -0.2) is 9.97 Å². The fourth-order valence-corrected chi connectivity index (χ4v) is 9.47. The number of hydrogen-bond donors (Lipinski definition) is 0. The van der Waals surface area contributed by atoms with Gasteiger partial charge in [0.1, 0.15) is 0 Å². The third kappa shape index (κ3) is 4.78. The summed E-state index contributed by atoms with van der Waals surface area (Å²) in [5, 5.41) is 12.4. The summed E-state index contributed by atoms with van der Waals surface area (Å²) in [4.78, 5) is 10.8. The number of benzene rings is 9. The first kappa shape index (κ1) is 30.0. The Bertz CT molecular complexity index is 3210. The van der Waals surface area contributed by atoms with E-state index in [-0.39, 0.29) is 0 Å². The van der Waals surface area contributed by atoms with Gasteiger partial charge in [0.25, 0.3) is 0 Å². The Morgan fingerprint density at radius 2 is 0.830 bits per heavy atom. The lowest BCUT2D eigenvalue weighted by Gasteiger charge is -2.15. The number of aromatic nitrogens is 2. The molecule has 0 aliphatic rings. The van der Waals surface area contributed by atoms with Crippen molar-refractivity contribution in [1.82, 2.24) is 9.97 Å². The van der Waals surface area contributed by atoms with Gasteiger partial charge in [-0.05, 0) is 72.4 Å². The first-order valence-corrected chi connectivity index (χ1v) is 18.8. The summed E-state index contributed by atoms with van der Waals surface area (Å²) in [6.07, 6.45) is 0. The molecule has 0 atom stereocenters. The van der Waals surface area contributed by atoms with Gasteiger partial charge in [-0.25, -0.2) is 9.97 Å². The zero-order valence-electron chi connectivity index (χ0n) is 28.6. The van der Waals surface area contributed by atoms with Crippen molar-refractivity contribution in [2.24, 2.45) is 0 Å². The maximum Gasteiger partial charge on any atom is 0.160 e. The van der Waals surface area contributed by atoms with E-state index in [1.807, 2.05) is 11.3 Å². The van der Waals surface area contributed by atoms with Gasteiger partial charge in [0, 0.05) is 36.9 Å². The molecule has 2 heterocycles. The van der Waals surface area contributed by atoms with Crippen molar-refractivity contribution >= 4 is 74.6 Å². The second-order valence-electron chi connectivity index (χ2n) is 13.7. The van der Waals surface area contributed by atoms with Crippen molar-refractivity contribution in [2.75, 3.05) is 0 Å². The molecule has 0 saturated carbocycles. The van der Waals surface area contributed by atoms with E-state index >= 15 is 0 Å². The van der Waals surface area contributed by atoms with Gasteiger partial charge in [0.15, 0.2) is 5.82 Å². The predicted octanol–water partition coefficient (Wildman–Crippen LogP) is 14.1. The lowest BCUT2D eigenvalue weighted by Crippen LogP contribution is -1.97. The fraction of sp³-hybridized carbons (Fsp3) is 0. The molecule has 2 nitrogen and oxygen atoms in total. The summed E-state index contributed by atoms with van der Waals surface area (Å²) < 4.78 is 2.52. The number of hydrogen-bond acceptors (Lipinski definition) is 3. The van der Waals surface area contributed by atoms with Gasteiger partial charge in [-0.15, -0.1) is 11.3 Å². The smallest absolute Gasteiger partial charge is 0.160 e. The van der Waals surface area contributed by atoms with Gasteiger partial charge < -0.3 is 0 Å². The second kappa shape index (κ2) is 11.9. The van der Waals surface area contributed by atoms with E-state index in [2.05, 4.69) is 182 Å². The van der Waals surface area contributed by atoms with Gasteiger partial charge in [-0.2, -0.15) is 0 Å². The van der Waals surface area contributed by atoms with Crippen LogP contribution < -0.4 is 0 Å². The summed E-state index contributed by atoms with van der Waals surface area (Å²) in [6.45, 7) is 0. The number of rotatable bonds is 4. The molecule has 0 amide bonds. The maximum absolute atomic E-state index is 5.43. The van der Waals surface area contributed by atoms with Crippen LogP contribution in [0.3, 0.4) is 0 Å². The van der Waals surface area contributed by atoms with Crippen molar-refractivity contribution in [3.63, 3.8) is 0 Å². The zero-order valence-corrected chi connectivity index (χ0v) is 29.4. The highest BCUT2D eigenvalue weighted by atomic mass is 32.1. The maximum atomic E-state index is 5.43. The summed E-state index contributed by atoms with van der Waals surface area (Å²) in [7, 11) is 0. The molecule has 53 heavy (non-hydrogen) atoms. The molecule has 11 aromatic rings. The van der Waals surface area contributed by atoms with Crippen LogP contribution in [0.1, 0.15) is 0 Å². The first-order chi connectivity index (χ1) is 26.3. The Kier molecular flexibility index (Phi) is 6.76. The highest BCUT2D eigenvalue weighted by molar-refractivity contribution is 7.26. The van der Waals surface area contributed by atoms with Crippen molar-refractivity contribution in [1.29, 1.82) is 0 Å². The quantitative estimate of drug-likeness (QED) is 0.172. The Hall–Kier alpha value is -6.68. The van der Waals surface area contributed by atoms with E-state index in [1.165, 1.54) is 68.8 Å². The van der Waals surface area contributed by atoms with Crippen molar-refractivity contribution in [2.45, 2.75) is 0 Å². The molecule has 9 aromatic carbocycles. The van der Waals surface area contributed by atoms with Crippen molar-refractivity contribution in [3.05, 3.63) is 182 Å². The van der Waals surface area contributed by atoms with E-state index in [0.717, 1.165) is 33.6 Å². The lowest BCUT2D eigenvalue weighted by molar-refractivity contribution is 1.19. The van der Waals surface area contributed by atoms with Crippen LogP contribution in [0.2, 0.25) is 0 Å². The normalized spacial score (nSPS) is 11.8. The molecular formula is C50H30N2S. The number of thiophene rings is 1. The number of nitrogens with zero attached hydrogens (tertiary/aromatic N) is 2. The highest BCUT2D eigenvalue weighted by Crippen LogP contribution is 2.43. The minimum atomic E-state index is 0.711. The zero-order chi connectivity index (χ0) is 34.9. The molecule has 0 fully saturated rings. The average molecular weight is 691 g/mol. The molecule has 0 saturated heterocycles. The molecular weight excluding hydrogens is 661 g/mol. The van der Waals surface area contributed by atoms with Crippen LogP contribution in [-0.2, 0) is 0 Å². The summed E-state index contributed by atoms with van der Waals surface area (Å²) in [5.74, 6) is 0.711. The van der Waals surface area contributed by atoms with Gasteiger partial charge in [0.05, 0.1) is 11.4 Å². The third-order valence-electron chi connectivity index (χ3n) is 10.7. The minimum absolute atomic E-state index is 0.711. The molecule has 3 heteroatoms. The Balaban J connectivity index is 1.20. The summed E-state index contributed by atoms with van der Waals surface area (Å²) >= 11 is 1.83. The van der Waals surface area contributed by atoms with E-state index < -0.39 is 0 Å². The molecule has 2 aromatic heterocycles. The largest absolute Gasteiger partial charge is 0.228 e. The van der Waals surface area contributed by atoms with Gasteiger partial charge in [0.2, 0.25) is 0 Å². The molecule has 11 rings (SSSR count). The fourth-order valence-electron chi connectivity index (χ4n) is 8.25. The summed E-state index contributed by atoms with van der Waals surface area (Å²) in [5.41, 5.74) is 7.34. The highest BCUT2D eigenvalue weighted by Gasteiger charge is 2.19. The van der Waals surface area contributed by atoms with Crippen LogP contribution in [0.15, 0.2) is 182 Å². The Morgan fingerprint density at radius 1 is 0.321 bits per heavy atom. The predicted molar refractivity (Wildman–Crippen MR) is 227 cm³/mol. The van der Waals surface area contributed by atoms with E-state index in [0.29, 0.717) is 5.82 Å².